The second kappa shape index (κ2) is 5.57. The van der Waals surface area contributed by atoms with Gasteiger partial charge in [0.15, 0.2) is 0 Å². The molecule has 0 saturated carbocycles. The van der Waals surface area contributed by atoms with Crippen LogP contribution in [0.5, 0.6) is 0 Å². The number of non-ortho nitro benzene ring substituents is 1. The summed E-state index contributed by atoms with van der Waals surface area (Å²) in [6.45, 7) is 9.85. The summed E-state index contributed by atoms with van der Waals surface area (Å²) < 4.78 is 16.2. The van der Waals surface area contributed by atoms with Crippen LogP contribution in [0.4, 0.5) is 5.69 Å². The summed E-state index contributed by atoms with van der Waals surface area (Å²) in [6.07, 6.45) is 1.57. The lowest BCUT2D eigenvalue weighted by Gasteiger charge is -2.33. The molecule has 5 nitrogen and oxygen atoms in total. The van der Waals surface area contributed by atoms with Crippen molar-refractivity contribution in [2.75, 3.05) is 0 Å². The molecule has 1 aromatic carbocycles. The van der Waals surface area contributed by atoms with Crippen molar-refractivity contribution in [3.05, 3.63) is 39.4 Å². The van der Waals surface area contributed by atoms with Gasteiger partial charge >= 0.3 is 0 Å². The number of benzene rings is 1. The van der Waals surface area contributed by atoms with Crippen LogP contribution in [-0.4, -0.2) is 19.6 Å². The molecule has 22 heavy (non-hydrogen) atoms. The zero-order valence-electron chi connectivity index (χ0n) is 13.7. The van der Waals surface area contributed by atoms with Crippen molar-refractivity contribution in [2.24, 2.45) is 4.40 Å². The normalized spacial score (nSPS) is 20.5. The van der Waals surface area contributed by atoms with Crippen molar-refractivity contribution in [3.8, 4) is 0 Å². The van der Waals surface area contributed by atoms with Crippen LogP contribution in [0.15, 0.2) is 22.6 Å². The Labute approximate surface area is 133 Å². The van der Waals surface area contributed by atoms with E-state index in [2.05, 4.69) is 18.2 Å². The van der Waals surface area contributed by atoms with Crippen molar-refractivity contribution >= 4 is 22.4 Å². The lowest BCUT2D eigenvalue weighted by Crippen LogP contribution is -2.29. The van der Waals surface area contributed by atoms with Crippen LogP contribution in [0.1, 0.15) is 58.6 Å². The average molecular weight is 322 g/mol. The van der Waals surface area contributed by atoms with Crippen LogP contribution in [0.25, 0.3) is 0 Å². The van der Waals surface area contributed by atoms with Crippen LogP contribution in [-0.2, 0) is 16.4 Å². The summed E-state index contributed by atoms with van der Waals surface area (Å²) in [4.78, 5) is 10.6. The molecule has 120 valence electrons. The second-order valence-electron chi connectivity index (χ2n) is 7.27. The third-order valence-electron chi connectivity index (χ3n) is 3.96. The van der Waals surface area contributed by atoms with E-state index in [1.54, 1.807) is 6.07 Å². The van der Waals surface area contributed by atoms with E-state index in [0.717, 1.165) is 17.5 Å². The number of nitro groups is 1. The molecule has 0 saturated heterocycles. The van der Waals surface area contributed by atoms with Gasteiger partial charge in [0, 0.05) is 17.7 Å². The molecule has 0 bridgehead atoms. The van der Waals surface area contributed by atoms with Gasteiger partial charge in [0.25, 0.3) is 5.69 Å². The van der Waals surface area contributed by atoms with Gasteiger partial charge in [0.05, 0.1) is 15.4 Å². The molecule has 1 aliphatic carbocycles. The highest BCUT2D eigenvalue weighted by atomic mass is 32.2. The summed E-state index contributed by atoms with van der Waals surface area (Å²) in [5.41, 5.74) is 2.50. The van der Waals surface area contributed by atoms with Crippen LogP contribution in [0, 0.1) is 10.1 Å². The molecule has 0 fully saturated rings. The van der Waals surface area contributed by atoms with Gasteiger partial charge in [-0.2, -0.15) is 4.40 Å². The highest BCUT2D eigenvalue weighted by molar-refractivity contribution is 7.85. The van der Waals surface area contributed by atoms with Gasteiger partial charge in [-0.1, -0.05) is 19.9 Å². The number of nitrogens with zero attached hydrogens (tertiary/aromatic N) is 2. The van der Waals surface area contributed by atoms with Gasteiger partial charge in [0.1, 0.15) is 11.0 Å². The molecule has 0 N–H and O–H groups in total. The maximum atomic E-state index is 12.3. The second-order valence-corrected chi connectivity index (χ2v) is 9.18. The number of fused-ring (bicyclic) bond motifs is 1. The van der Waals surface area contributed by atoms with Gasteiger partial charge in [-0.3, -0.25) is 10.1 Å². The summed E-state index contributed by atoms with van der Waals surface area (Å²) in [5, 5.41) is 11.0. The fourth-order valence-electron chi connectivity index (χ4n) is 2.51. The molecule has 1 aromatic rings. The average Bonchev–Trinajstić information content (AvgIpc) is 2.40. The third-order valence-corrected chi connectivity index (χ3v) is 5.39. The lowest BCUT2D eigenvalue weighted by atomic mass is 9.72. The zero-order chi connectivity index (χ0) is 16.7. The molecule has 0 aromatic heterocycles. The van der Waals surface area contributed by atoms with Crippen molar-refractivity contribution in [2.45, 2.75) is 57.6 Å². The molecule has 0 unspecified atom stereocenters. The predicted octanol–water partition coefficient (Wildman–Crippen LogP) is 3.92. The Morgan fingerprint density at radius 2 is 1.95 bits per heavy atom. The standard InChI is InChI=1S/C16H22N2O3S/c1-15(2,3)22(21)17-14-8-9-16(4,5)13-7-6-11(18(19)20)10-12(13)14/h6-7,10H,8-9H2,1-5H3/b17-14+/t22-/m1/s1. The first-order valence-electron chi connectivity index (χ1n) is 7.31. The molecule has 0 aliphatic heterocycles. The minimum atomic E-state index is -1.37. The highest BCUT2D eigenvalue weighted by Gasteiger charge is 2.33. The minimum absolute atomic E-state index is 0.0469. The number of nitro benzene ring substituents is 1. The summed E-state index contributed by atoms with van der Waals surface area (Å²) in [6, 6.07) is 4.90. The van der Waals surface area contributed by atoms with Crippen LogP contribution in [0.2, 0.25) is 0 Å². The Morgan fingerprint density at radius 3 is 2.50 bits per heavy atom. The maximum absolute atomic E-state index is 12.3. The minimum Gasteiger partial charge on any atom is -0.258 e. The van der Waals surface area contributed by atoms with E-state index in [0.29, 0.717) is 12.1 Å². The van der Waals surface area contributed by atoms with E-state index >= 15 is 0 Å². The topological polar surface area (TPSA) is 72.6 Å². The molecular weight excluding hydrogens is 300 g/mol. The Morgan fingerprint density at radius 1 is 1.32 bits per heavy atom. The van der Waals surface area contributed by atoms with Crippen molar-refractivity contribution in [1.29, 1.82) is 0 Å². The number of hydrogen-bond acceptors (Lipinski definition) is 3. The molecule has 1 atom stereocenters. The number of rotatable bonds is 2. The first kappa shape index (κ1) is 16.8. The Kier molecular flexibility index (Phi) is 4.26. The number of hydrogen-bond donors (Lipinski definition) is 0. The van der Waals surface area contributed by atoms with Gasteiger partial charge in [-0.05, 0) is 44.6 Å². The van der Waals surface area contributed by atoms with Gasteiger partial charge in [-0.25, -0.2) is 4.21 Å². The fraction of sp³-hybridized carbons (Fsp3) is 0.562. The van der Waals surface area contributed by atoms with E-state index in [9.17, 15) is 14.3 Å². The SMILES string of the molecule is CC1(C)CC/C(=N\[S@](=O)C(C)(C)C)c2cc([N+](=O)[O-])ccc21. The molecule has 0 amide bonds. The summed E-state index contributed by atoms with van der Waals surface area (Å²) >= 11 is 0. The maximum Gasteiger partial charge on any atom is 0.270 e. The van der Waals surface area contributed by atoms with Crippen LogP contribution < -0.4 is 0 Å². The molecule has 0 heterocycles. The van der Waals surface area contributed by atoms with Gasteiger partial charge in [-0.15, -0.1) is 0 Å². The molecule has 6 heteroatoms. The van der Waals surface area contributed by atoms with E-state index < -0.39 is 20.7 Å². The molecule has 1 aliphatic rings. The summed E-state index contributed by atoms with van der Waals surface area (Å²) in [7, 11) is -1.37. The van der Waals surface area contributed by atoms with Crippen molar-refractivity contribution in [3.63, 3.8) is 0 Å². The molecule has 2 rings (SSSR count). The van der Waals surface area contributed by atoms with Crippen LogP contribution in [0.3, 0.4) is 0 Å². The van der Waals surface area contributed by atoms with E-state index in [-0.39, 0.29) is 11.1 Å². The smallest absolute Gasteiger partial charge is 0.258 e. The third kappa shape index (κ3) is 3.27. The monoisotopic (exact) mass is 322 g/mol. The first-order chi connectivity index (χ1) is 10.0. The zero-order valence-corrected chi connectivity index (χ0v) is 14.5. The Balaban J connectivity index is 2.58. The predicted molar refractivity (Wildman–Crippen MR) is 89.8 cm³/mol. The molecule has 0 spiro atoms. The largest absolute Gasteiger partial charge is 0.270 e. The molecule has 0 radical (unpaired) electrons. The van der Waals surface area contributed by atoms with Gasteiger partial charge < -0.3 is 0 Å². The van der Waals surface area contributed by atoms with E-state index in [1.165, 1.54) is 6.07 Å². The van der Waals surface area contributed by atoms with Crippen molar-refractivity contribution in [1.82, 2.24) is 0 Å². The Hall–Kier alpha value is -1.56. The quantitative estimate of drug-likeness (QED) is 0.612. The Bertz CT molecular complexity index is 672. The first-order valence-corrected chi connectivity index (χ1v) is 8.42. The highest BCUT2D eigenvalue weighted by Crippen LogP contribution is 2.38. The van der Waals surface area contributed by atoms with Crippen molar-refractivity contribution < 1.29 is 9.13 Å². The summed E-state index contributed by atoms with van der Waals surface area (Å²) in [5.74, 6) is 0. The lowest BCUT2D eigenvalue weighted by molar-refractivity contribution is -0.384. The van der Waals surface area contributed by atoms with Crippen LogP contribution >= 0.6 is 0 Å². The van der Waals surface area contributed by atoms with Gasteiger partial charge in [0.2, 0.25) is 0 Å². The van der Waals surface area contributed by atoms with E-state index in [1.807, 2.05) is 26.8 Å². The molecular formula is C16H22N2O3S. The fourth-order valence-corrected chi connectivity index (χ4v) is 3.17. The van der Waals surface area contributed by atoms with E-state index in [4.69, 9.17) is 0 Å².